The second kappa shape index (κ2) is 3.62. The number of hydrogen-bond donors (Lipinski definition) is 1. The Morgan fingerprint density at radius 1 is 1.06 bits per heavy atom. The quantitative estimate of drug-likeness (QED) is 0.752. The highest BCUT2D eigenvalue weighted by Gasteiger charge is 2.12. The van der Waals surface area contributed by atoms with Crippen molar-refractivity contribution in [2.24, 2.45) is 0 Å². The molecule has 0 amide bonds. The number of aromatic nitrogens is 1. The van der Waals surface area contributed by atoms with Crippen LogP contribution in [0.4, 0.5) is 17.6 Å². The minimum atomic E-state index is -2.87. The van der Waals surface area contributed by atoms with Crippen LogP contribution in [0, 0.1) is 11.6 Å². The number of halogens is 4. The van der Waals surface area contributed by atoms with Gasteiger partial charge < -0.3 is 4.98 Å². The maximum Gasteiger partial charge on any atom is 0.278 e. The summed E-state index contributed by atoms with van der Waals surface area (Å²) in [6, 6.07) is 2.03. The number of rotatable bonds is 1. The average Bonchev–Trinajstić information content (AvgIpc) is 2.20. The molecule has 0 saturated heterocycles. The SMILES string of the molecule is O=c1cc(C(F)F)[nH]c2cc(F)c(F)cc12. The third kappa shape index (κ3) is 1.66. The van der Waals surface area contributed by atoms with Crippen LogP contribution in [-0.2, 0) is 0 Å². The van der Waals surface area contributed by atoms with Crippen LogP contribution in [-0.4, -0.2) is 4.98 Å². The molecule has 0 aliphatic heterocycles. The zero-order valence-electron chi connectivity index (χ0n) is 7.73. The van der Waals surface area contributed by atoms with Gasteiger partial charge in [0.2, 0.25) is 0 Å². The summed E-state index contributed by atoms with van der Waals surface area (Å²) in [5.74, 6) is -2.39. The van der Waals surface area contributed by atoms with E-state index in [-0.39, 0.29) is 10.9 Å². The molecule has 16 heavy (non-hydrogen) atoms. The summed E-state index contributed by atoms with van der Waals surface area (Å²) in [6.07, 6.45) is -2.87. The third-order valence-corrected chi connectivity index (χ3v) is 2.13. The van der Waals surface area contributed by atoms with Crippen molar-refractivity contribution in [2.45, 2.75) is 6.43 Å². The van der Waals surface area contributed by atoms with Gasteiger partial charge in [-0.15, -0.1) is 0 Å². The normalized spacial score (nSPS) is 11.3. The fourth-order valence-corrected chi connectivity index (χ4v) is 1.38. The van der Waals surface area contributed by atoms with Crippen LogP contribution in [0.3, 0.4) is 0 Å². The summed E-state index contributed by atoms with van der Waals surface area (Å²) in [7, 11) is 0. The highest BCUT2D eigenvalue weighted by atomic mass is 19.3. The summed E-state index contributed by atoms with van der Waals surface area (Å²) in [5.41, 5.74) is -1.55. The molecule has 0 aliphatic carbocycles. The number of nitrogens with one attached hydrogen (secondary N) is 1. The van der Waals surface area contributed by atoms with Gasteiger partial charge >= 0.3 is 0 Å². The highest BCUT2D eigenvalue weighted by molar-refractivity contribution is 5.78. The van der Waals surface area contributed by atoms with Crippen LogP contribution in [0.1, 0.15) is 12.1 Å². The maximum absolute atomic E-state index is 12.8. The van der Waals surface area contributed by atoms with E-state index in [1.165, 1.54) is 0 Å². The maximum atomic E-state index is 12.8. The summed E-state index contributed by atoms with van der Waals surface area (Å²) < 4.78 is 50.3. The summed E-state index contributed by atoms with van der Waals surface area (Å²) >= 11 is 0. The Kier molecular flexibility index (Phi) is 2.41. The van der Waals surface area contributed by atoms with E-state index < -0.39 is 29.2 Å². The molecule has 1 aromatic heterocycles. The Bertz CT molecular complexity index is 606. The molecule has 6 heteroatoms. The predicted octanol–water partition coefficient (Wildman–Crippen LogP) is 2.74. The molecular formula is C10H5F4NO. The van der Waals surface area contributed by atoms with Gasteiger partial charge in [0.25, 0.3) is 6.43 Å². The zero-order chi connectivity index (χ0) is 11.9. The molecule has 0 spiro atoms. The molecule has 2 aromatic rings. The van der Waals surface area contributed by atoms with Gasteiger partial charge in [-0.3, -0.25) is 4.79 Å². The van der Waals surface area contributed by atoms with Crippen LogP contribution < -0.4 is 5.43 Å². The topological polar surface area (TPSA) is 32.9 Å². The molecule has 1 N–H and O–H groups in total. The second-order valence-electron chi connectivity index (χ2n) is 3.20. The second-order valence-corrected chi connectivity index (χ2v) is 3.20. The lowest BCUT2D eigenvalue weighted by atomic mass is 10.2. The lowest BCUT2D eigenvalue weighted by Crippen LogP contribution is -2.06. The molecule has 0 unspecified atom stereocenters. The molecule has 0 saturated carbocycles. The average molecular weight is 231 g/mol. The van der Waals surface area contributed by atoms with Crippen molar-refractivity contribution in [3.8, 4) is 0 Å². The first-order chi connectivity index (χ1) is 7.49. The van der Waals surface area contributed by atoms with Crippen molar-refractivity contribution in [1.82, 2.24) is 4.98 Å². The summed E-state index contributed by atoms with van der Waals surface area (Å²) in [6.45, 7) is 0. The summed E-state index contributed by atoms with van der Waals surface area (Å²) in [5, 5.41) is -0.164. The van der Waals surface area contributed by atoms with Crippen molar-refractivity contribution < 1.29 is 17.6 Å². The minimum absolute atomic E-state index is 0.151. The fourth-order valence-electron chi connectivity index (χ4n) is 1.38. The molecule has 2 rings (SSSR count). The Labute approximate surface area is 86.5 Å². The number of benzene rings is 1. The first-order valence-electron chi connectivity index (χ1n) is 4.29. The van der Waals surface area contributed by atoms with Crippen molar-refractivity contribution in [2.75, 3.05) is 0 Å². The molecule has 84 valence electrons. The van der Waals surface area contributed by atoms with Gasteiger partial charge in [0.15, 0.2) is 17.1 Å². The number of hydrogen-bond acceptors (Lipinski definition) is 1. The monoisotopic (exact) mass is 231 g/mol. The van der Waals surface area contributed by atoms with Crippen LogP contribution in [0.2, 0.25) is 0 Å². The molecule has 0 radical (unpaired) electrons. The molecule has 2 nitrogen and oxygen atoms in total. The molecule has 0 aliphatic rings. The molecular weight excluding hydrogens is 226 g/mol. The standard InChI is InChI=1S/C10H5F4NO/c11-5-1-4-7(2-6(5)12)15-8(10(13)14)3-9(4)16/h1-3,10H,(H,15,16). The smallest absolute Gasteiger partial charge is 0.278 e. The first kappa shape index (κ1) is 10.7. The van der Waals surface area contributed by atoms with Gasteiger partial charge in [-0.25, -0.2) is 17.6 Å². The van der Waals surface area contributed by atoms with E-state index in [9.17, 15) is 22.4 Å². The van der Waals surface area contributed by atoms with E-state index in [2.05, 4.69) is 4.98 Å². The number of pyridine rings is 1. The lowest BCUT2D eigenvalue weighted by molar-refractivity contribution is 0.146. The zero-order valence-corrected chi connectivity index (χ0v) is 7.73. The van der Waals surface area contributed by atoms with Gasteiger partial charge in [0.1, 0.15) is 0 Å². The highest BCUT2D eigenvalue weighted by Crippen LogP contribution is 2.19. The number of alkyl halides is 2. The Morgan fingerprint density at radius 3 is 2.31 bits per heavy atom. The fraction of sp³-hybridized carbons (Fsp3) is 0.100. The van der Waals surface area contributed by atoms with Gasteiger partial charge in [-0.1, -0.05) is 0 Å². The molecule has 1 aromatic carbocycles. The largest absolute Gasteiger partial charge is 0.353 e. The first-order valence-corrected chi connectivity index (χ1v) is 4.29. The van der Waals surface area contributed by atoms with Crippen molar-refractivity contribution in [3.63, 3.8) is 0 Å². The molecule has 1 heterocycles. The number of H-pyrrole nitrogens is 1. The lowest BCUT2D eigenvalue weighted by Gasteiger charge is -2.03. The van der Waals surface area contributed by atoms with E-state index in [4.69, 9.17) is 0 Å². The van der Waals surface area contributed by atoms with Gasteiger partial charge in [-0.2, -0.15) is 0 Å². The number of aromatic amines is 1. The Balaban J connectivity index is 2.82. The van der Waals surface area contributed by atoms with Gasteiger partial charge in [0.05, 0.1) is 11.2 Å². The molecule has 0 fully saturated rings. The van der Waals surface area contributed by atoms with Gasteiger partial charge in [0, 0.05) is 17.5 Å². The van der Waals surface area contributed by atoms with Crippen LogP contribution in [0.15, 0.2) is 23.0 Å². The van der Waals surface area contributed by atoms with E-state index >= 15 is 0 Å². The van der Waals surface area contributed by atoms with E-state index in [0.29, 0.717) is 18.2 Å². The summed E-state index contributed by atoms with van der Waals surface area (Å²) in [4.78, 5) is 13.5. The Morgan fingerprint density at radius 2 is 1.69 bits per heavy atom. The Hall–Kier alpha value is -1.85. The van der Waals surface area contributed by atoms with E-state index in [1.54, 1.807) is 0 Å². The molecule has 0 atom stereocenters. The third-order valence-electron chi connectivity index (χ3n) is 2.13. The van der Waals surface area contributed by atoms with Crippen molar-refractivity contribution in [3.05, 3.63) is 45.8 Å². The van der Waals surface area contributed by atoms with Crippen LogP contribution in [0.25, 0.3) is 10.9 Å². The minimum Gasteiger partial charge on any atom is -0.353 e. The van der Waals surface area contributed by atoms with Crippen LogP contribution in [0.5, 0.6) is 0 Å². The van der Waals surface area contributed by atoms with Gasteiger partial charge in [-0.05, 0) is 6.07 Å². The molecule has 0 bridgehead atoms. The van der Waals surface area contributed by atoms with Crippen molar-refractivity contribution >= 4 is 10.9 Å². The number of fused-ring (bicyclic) bond motifs is 1. The predicted molar refractivity (Wildman–Crippen MR) is 49.4 cm³/mol. The van der Waals surface area contributed by atoms with Crippen molar-refractivity contribution in [1.29, 1.82) is 0 Å². The van der Waals surface area contributed by atoms with Crippen LogP contribution >= 0.6 is 0 Å². The van der Waals surface area contributed by atoms with E-state index in [0.717, 1.165) is 0 Å². The van der Waals surface area contributed by atoms with E-state index in [1.807, 2.05) is 0 Å².